The van der Waals surface area contributed by atoms with Crippen molar-refractivity contribution in [1.29, 1.82) is 5.26 Å². The Morgan fingerprint density at radius 3 is 2.35 bits per heavy atom. The summed E-state index contributed by atoms with van der Waals surface area (Å²) in [6.07, 6.45) is 1.47. The average molecular weight is 666 g/mol. The molecule has 1 aromatic carbocycles. The Morgan fingerprint density at radius 2 is 1.75 bits per heavy atom. The number of aliphatic hydroxyl groups is 1. The summed E-state index contributed by atoms with van der Waals surface area (Å²) >= 11 is 0. The largest absolute Gasteiger partial charge is 0.391 e. The van der Waals surface area contributed by atoms with Crippen LogP contribution in [-0.2, 0) is 25.7 Å². The van der Waals surface area contributed by atoms with Crippen molar-refractivity contribution in [2.75, 3.05) is 32.8 Å². The number of nitrogens with zero attached hydrogens (tertiary/aromatic N) is 3. The van der Waals surface area contributed by atoms with Gasteiger partial charge in [-0.2, -0.15) is 5.26 Å². The standard InChI is InChI=1S/C34H47N7O7/c1-22-9-11-25(12-10-22)21-37-31(44)27(38-33(46)29(24(3)42)39-32(45)28-18-23(2)48-40-28)8-6-7-13-36-30(43)26(20-35)19-34(4,5)41-14-16-47-17-15-41/h9-12,18-19,24,27,29,42H,6-8,13-17,21H2,1-5H3,(H,36,43)(H,37,44)(H,38,46)(H,39,45)/t24-,27?,29+/m1/s1. The number of benzene rings is 1. The van der Waals surface area contributed by atoms with E-state index in [1.807, 2.05) is 51.1 Å². The summed E-state index contributed by atoms with van der Waals surface area (Å²) in [6.45, 7) is 11.9. The minimum Gasteiger partial charge on any atom is -0.391 e. The van der Waals surface area contributed by atoms with E-state index in [-0.39, 0.29) is 30.8 Å². The molecule has 3 rings (SSSR count). The summed E-state index contributed by atoms with van der Waals surface area (Å²) in [6, 6.07) is 8.65. The summed E-state index contributed by atoms with van der Waals surface area (Å²) in [5.74, 6) is -2.01. The van der Waals surface area contributed by atoms with Crippen LogP contribution in [0.25, 0.3) is 0 Å². The van der Waals surface area contributed by atoms with Gasteiger partial charge in [-0.1, -0.05) is 35.0 Å². The van der Waals surface area contributed by atoms with Crippen molar-refractivity contribution in [2.45, 2.75) is 84.2 Å². The van der Waals surface area contributed by atoms with Gasteiger partial charge < -0.3 is 35.6 Å². The fourth-order valence-corrected chi connectivity index (χ4v) is 5.15. The number of amides is 4. The number of aromatic nitrogens is 1. The summed E-state index contributed by atoms with van der Waals surface area (Å²) in [7, 11) is 0. The Bertz CT molecular complexity index is 1470. The van der Waals surface area contributed by atoms with Gasteiger partial charge in [0.15, 0.2) is 5.69 Å². The van der Waals surface area contributed by atoms with Gasteiger partial charge in [-0.25, -0.2) is 0 Å². The summed E-state index contributed by atoms with van der Waals surface area (Å²) in [4.78, 5) is 54.2. The molecule has 4 amide bonds. The topological polar surface area (TPSA) is 199 Å². The van der Waals surface area contributed by atoms with Crippen molar-refractivity contribution in [3.05, 3.63) is 64.6 Å². The van der Waals surface area contributed by atoms with Gasteiger partial charge >= 0.3 is 0 Å². The predicted octanol–water partition coefficient (Wildman–Crippen LogP) is 1.42. The highest BCUT2D eigenvalue weighted by molar-refractivity contribution is 5.98. The third-order valence-electron chi connectivity index (χ3n) is 8.03. The molecule has 0 saturated carbocycles. The summed E-state index contributed by atoms with van der Waals surface area (Å²) in [5, 5.41) is 34.4. The van der Waals surface area contributed by atoms with E-state index >= 15 is 0 Å². The molecular weight excluding hydrogens is 618 g/mol. The van der Waals surface area contributed by atoms with Crippen LogP contribution >= 0.6 is 0 Å². The highest BCUT2D eigenvalue weighted by Gasteiger charge is 2.31. The summed E-state index contributed by atoms with van der Waals surface area (Å²) < 4.78 is 10.3. The van der Waals surface area contributed by atoms with Gasteiger partial charge in [0, 0.05) is 37.8 Å². The van der Waals surface area contributed by atoms with E-state index in [1.54, 1.807) is 13.0 Å². The number of nitriles is 1. The van der Waals surface area contributed by atoms with E-state index in [2.05, 4.69) is 31.3 Å². The van der Waals surface area contributed by atoms with E-state index in [1.165, 1.54) is 13.0 Å². The first-order valence-corrected chi connectivity index (χ1v) is 16.1. The molecule has 1 saturated heterocycles. The molecule has 0 radical (unpaired) electrons. The fraction of sp³-hybridized carbons (Fsp3) is 0.529. The number of hydrogen-bond donors (Lipinski definition) is 5. The molecule has 1 aliphatic rings. The van der Waals surface area contributed by atoms with Crippen LogP contribution in [0.5, 0.6) is 0 Å². The molecule has 2 aromatic rings. The third kappa shape index (κ3) is 11.6. The van der Waals surface area contributed by atoms with E-state index < -0.39 is 47.4 Å². The van der Waals surface area contributed by atoms with E-state index in [0.717, 1.165) is 11.1 Å². The monoisotopic (exact) mass is 665 g/mol. The van der Waals surface area contributed by atoms with E-state index in [9.17, 15) is 29.5 Å². The molecule has 14 nitrogen and oxygen atoms in total. The first-order chi connectivity index (χ1) is 22.8. The van der Waals surface area contributed by atoms with Crippen LogP contribution in [0.3, 0.4) is 0 Å². The number of hydrogen-bond acceptors (Lipinski definition) is 10. The lowest BCUT2D eigenvalue weighted by atomic mass is 9.98. The summed E-state index contributed by atoms with van der Waals surface area (Å²) in [5.41, 5.74) is 1.39. The predicted molar refractivity (Wildman–Crippen MR) is 176 cm³/mol. The van der Waals surface area contributed by atoms with Crippen LogP contribution in [-0.4, -0.2) is 95.4 Å². The molecule has 1 unspecified atom stereocenters. The van der Waals surface area contributed by atoms with Crippen molar-refractivity contribution in [3.8, 4) is 6.07 Å². The number of aliphatic hydroxyl groups excluding tert-OH is 1. The van der Waals surface area contributed by atoms with Crippen molar-refractivity contribution >= 4 is 23.6 Å². The maximum Gasteiger partial charge on any atom is 0.274 e. The molecule has 1 aromatic heterocycles. The number of ether oxygens (including phenoxy) is 1. The maximum atomic E-state index is 13.3. The van der Waals surface area contributed by atoms with Gasteiger partial charge in [0.25, 0.3) is 11.8 Å². The number of rotatable bonds is 16. The van der Waals surface area contributed by atoms with E-state index in [0.29, 0.717) is 44.9 Å². The highest BCUT2D eigenvalue weighted by Crippen LogP contribution is 2.20. The van der Waals surface area contributed by atoms with Crippen LogP contribution in [0.1, 0.15) is 67.4 Å². The Kier molecular flexibility index (Phi) is 14.3. The van der Waals surface area contributed by atoms with E-state index in [4.69, 9.17) is 9.26 Å². The van der Waals surface area contributed by atoms with Crippen LogP contribution in [0.15, 0.2) is 46.5 Å². The Hall–Kier alpha value is -4.58. The zero-order valence-corrected chi connectivity index (χ0v) is 28.3. The van der Waals surface area contributed by atoms with Crippen LogP contribution in [0, 0.1) is 25.2 Å². The van der Waals surface area contributed by atoms with Crippen molar-refractivity contribution < 1.29 is 33.5 Å². The maximum absolute atomic E-state index is 13.3. The molecule has 260 valence electrons. The molecule has 1 aliphatic heterocycles. The number of carbonyl (C=O) groups excluding carboxylic acids is 4. The number of aryl methyl sites for hydroxylation is 2. The van der Waals surface area contributed by atoms with Gasteiger partial charge in [0.2, 0.25) is 11.8 Å². The fourth-order valence-electron chi connectivity index (χ4n) is 5.15. The number of carbonyl (C=O) groups is 4. The lowest BCUT2D eigenvalue weighted by Gasteiger charge is -2.39. The average Bonchev–Trinajstić information content (AvgIpc) is 3.51. The molecule has 5 N–H and O–H groups in total. The second kappa shape index (κ2) is 18.1. The van der Waals surface area contributed by atoms with Gasteiger partial charge in [-0.05, 0) is 65.5 Å². The minimum atomic E-state index is -1.38. The molecule has 0 aliphatic carbocycles. The molecule has 14 heteroatoms. The Morgan fingerprint density at radius 1 is 1.06 bits per heavy atom. The second-order valence-corrected chi connectivity index (χ2v) is 12.5. The van der Waals surface area contributed by atoms with Crippen molar-refractivity contribution in [3.63, 3.8) is 0 Å². The Balaban J connectivity index is 1.61. The molecule has 48 heavy (non-hydrogen) atoms. The number of morpholine rings is 1. The van der Waals surface area contributed by atoms with Gasteiger partial charge in [-0.3, -0.25) is 24.1 Å². The SMILES string of the molecule is Cc1ccc(CNC(=O)C(CCCCNC(=O)C(C#N)=CC(C)(C)N2CCOCC2)NC(=O)[C@@H](NC(=O)c2cc(C)on2)[C@@H](C)O)cc1. The number of nitrogens with one attached hydrogen (secondary N) is 4. The first-order valence-electron chi connectivity index (χ1n) is 16.1. The lowest BCUT2D eigenvalue weighted by molar-refractivity contribution is -0.131. The van der Waals surface area contributed by atoms with Crippen molar-refractivity contribution in [2.24, 2.45) is 0 Å². The first kappa shape index (κ1) is 37.9. The highest BCUT2D eigenvalue weighted by atomic mass is 16.5. The van der Waals surface area contributed by atoms with Crippen LogP contribution < -0.4 is 21.3 Å². The molecule has 2 heterocycles. The lowest BCUT2D eigenvalue weighted by Crippen LogP contribution is -2.57. The zero-order chi connectivity index (χ0) is 35.3. The van der Waals surface area contributed by atoms with Gasteiger partial charge in [0.05, 0.1) is 19.3 Å². The molecule has 1 fully saturated rings. The third-order valence-corrected chi connectivity index (χ3v) is 8.03. The van der Waals surface area contributed by atoms with Crippen molar-refractivity contribution in [1.82, 2.24) is 31.3 Å². The zero-order valence-electron chi connectivity index (χ0n) is 28.3. The quantitative estimate of drug-likeness (QED) is 0.0993. The minimum absolute atomic E-state index is 0.0131. The van der Waals surface area contributed by atoms with Gasteiger partial charge in [-0.15, -0.1) is 0 Å². The number of unbranched alkanes of at least 4 members (excludes halogenated alkanes) is 1. The molecule has 3 atom stereocenters. The van der Waals surface area contributed by atoms with Gasteiger partial charge in [0.1, 0.15) is 29.5 Å². The normalized spacial score (nSPS) is 15.8. The van der Waals surface area contributed by atoms with Crippen LogP contribution in [0.4, 0.5) is 0 Å². The molecular formula is C34H47N7O7. The van der Waals surface area contributed by atoms with Crippen LogP contribution in [0.2, 0.25) is 0 Å². The Labute approximate surface area is 281 Å². The smallest absolute Gasteiger partial charge is 0.274 e. The molecule has 0 bridgehead atoms. The molecule has 0 spiro atoms. The second-order valence-electron chi connectivity index (χ2n) is 12.5.